The van der Waals surface area contributed by atoms with E-state index in [2.05, 4.69) is 12.6 Å². The number of carboxylic acid groups (broad SMARTS) is 1. The molecule has 0 aliphatic rings. The molecule has 0 aromatic heterocycles. The van der Waals surface area contributed by atoms with Crippen LogP contribution in [0.15, 0.2) is 0 Å². The molecule has 72 valence electrons. The van der Waals surface area contributed by atoms with E-state index < -0.39 is 16.8 Å². The molecule has 0 rings (SSSR count). The zero-order valence-electron chi connectivity index (χ0n) is 7.58. The second kappa shape index (κ2) is 4.72. The summed E-state index contributed by atoms with van der Waals surface area (Å²) in [7, 11) is 0. The van der Waals surface area contributed by atoms with E-state index >= 15 is 0 Å². The van der Waals surface area contributed by atoms with Crippen molar-refractivity contribution < 1.29 is 9.90 Å². The van der Waals surface area contributed by atoms with Crippen molar-refractivity contribution in [3.63, 3.8) is 0 Å². The Bertz CT molecular complexity index is 163. The Morgan fingerprint density at radius 2 is 2.17 bits per heavy atom. The van der Waals surface area contributed by atoms with E-state index in [-0.39, 0.29) is 0 Å². The Kier molecular flexibility index (Phi) is 4.63. The third-order valence-electron chi connectivity index (χ3n) is 2.14. The molecule has 0 amide bonds. The van der Waals surface area contributed by atoms with Gasteiger partial charge < -0.3 is 10.8 Å². The lowest BCUT2D eigenvalue weighted by atomic mass is 9.91. The predicted molar refractivity (Wildman–Crippen MR) is 52.5 cm³/mol. The normalized spacial score (nSPS) is 18.3. The van der Waals surface area contributed by atoms with Crippen LogP contribution in [-0.4, -0.2) is 21.9 Å². The first kappa shape index (κ1) is 11.8. The number of aliphatic carboxylic acids is 1. The van der Waals surface area contributed by atoms with E-state index in [0.29, 0.717) is 6.42 Å². The summed E-state index contributed by atoms with van der Waals surface area (Å²) < 4.78 is -0.555. The van der Waals surface area contributed by atoms with Gasteiger partial charge in [-0.05, 0) is 12.8 Å². The van der Waals surface area contributed by atoms with Crippen molar-refractivity contribution in [2.24, 2.45) is 5.73 Å². The van der Waals surface area contributed by atoms with Crippen molar-refractivity contribution in [2.45, 2.75) is 43.9 Å². The van der Waals surface area contributed by atoms with Crippen molar-refractivity contribution in [1.82, 2.24) is 0 Å². The number of thiol groups is 1. The molecule has 3 nitrogen and oxygen atoms in total. The highest BCUT2D eigenvalue weighted by atomic mass is 32.1. The highest BCUT2D eigenvalue weighted by molar-refractivity contribution is 7.82. The summed E-state index contributed by atoms with van der Waals surface area (Å²) in [5, 5.41) is 8.70. The predicted octanol–water partition coefficient (Wildman–Crippen LogP) is 1.28. The van der Waals surface area contributed by atoms with Crippen molar-refractivity contribution in [3.05, 3.63) is 0 Å². The molecule has 0 saturated carbocycles. The number of nitrogens with two attached hydrogens (primary N) is 1. The molecule has 0 heterocycles. The summed E-state index contributed by atoms with van der Waals surface area (Å²) in [6.45, 7) is 3.90. The van der Waals surface area contributed by atoms with Gasteiger partial charge in [0.2, 0.25) is 0 Å². The van der Waals surface area contributed by atoms with Gasteiger partial charge in [0.05, 0.1) is 0 Å². The second-order valence-electron chi connectivity index (χ2n) is 3.02. The molecule has 12 heavy (non-hydrogen) atoms. The molecule has 0 aromatic rings. The molecule has 0 bridgehead atoms. The third-order valence-corrected chi connectivity index (χ3v) is 2.96. The lowest BCUT2D eigenvalue weighted by molar-refractivity contribution is -0.139. The Balaban J connectivity index is 4.38. The molecule has 4 heteroatoms. The van der Waals surface area contributed by atoms with Gasteiger partial charge in [-0.3, -0.25) is 4.79 Å². The maximum Gasteiger partial charge on any atom is 0.321 e. The van der Waals surface area contributed by atoms with E-state index in [1.54, 1.807) is 0 Å². The molecule has 0 radical (unpaired) electrons. The number of carbonyl (C=O) groups is 1. The minimum absolute atomic E-state index is 0.555. The summed E-state index contributed by atoms with van der Waals surface area (Å²) in [6, 6.07) is -0.870. The van der Waals surface area contributed by atoms with E-state index in [1.165, 1.54) is 0 Å². The smallest absolute Gasteiger partial charge is 0.321 e. The minimum atomic E-state index is -0.972. The summed E-state index contributed by atoms with van der Waals surface area (Å²) in [5.74, 6) is -0.972. The summed E-state index contributed by atoms with van der Waals surface area (Å²) in [5.41, 5.74) is 5.52. The number of rotatable bonds is 5. The van der Waals surface area contributed by atoms with Crippen molar-refractivity contribution >= 4 is 18.6 Å². The number of hydrogen-bond acceptors (Lipinski definition) is 3. The topological polar surface area (TPSA) is 63.3 Å². The zero-order chi connectivity index (χ0) is 9.78. The fourth-order valence-corrected chi connectivity index (χ4v) is 1.55. The molecule has 0 saturated heterocycles. The average Bonchev–Trinajstić information content (AvgIpc) is 2.03. The molecule has 0 spiro atoms. The third kappa shape index (κ3) is 2.68. The van der Waals surface area contributed by atoms with Crippen LogP contribution in [0.4, 0.5) is 0 Å². The van der Waals surface area contributed by atoms with Crippen LogP contribution in [0.2, 0.25) is 0 Å². The maximum atomic E-state index is 10.6. The lowest BCUT2D eigenvalue weighted by Crippen LogP contribution is -2.48. The van der Waals surface area contributed by atoms with Crippen LogP contribution in [-0.2, 0) is 4.79 Å². The van der Waals surface area contributed by atoms with E-state index in [1.807, 2.05) is 13.8 Å². The highest BCUT2D eigenvalue weighted by Gasteiger charge is 2.34. The number of hydrogen-bond donors (Lipinski definition) is 3. The van der Waals surface area contributed by atoms with Gasteiger partial charge in [0.25, 0.3) is 0 Å². The van der Waals surface area contributed by atoms with Crippen LogP contribution in [0.25, 0.3) is 0 Å². The molecule has 3 N–H and O–H groups in total. The summed E-state index contributed by atoms with van der Waals surface area (Å²) >= 11 is 4.33. The van der Waals surface area contributed by atoms with Crippen LogP contribution in [0.3, 0.4) is 0 Å². The lowest BCUT2D eigenvalue weighted by Gasteiger charge is -2.30. The molecule has 0 aliphatic carbocycles. The molecule has 0 fully saturated rings. The van der Waals surface area contributed by atoms with Crippen LogP contribution < -0.4 is 5.73 Å². The van der Waals surface area contributed by atoms with Crippen molar-refractivity contribution in [2.75, 3.05) is 0 Å². The van der Waals surface area contributed by atoms with E-state index in [9.17, 15) is 4.79 Å². The van der Waals surface area contributed by atoms with Gasteiger partial charge in [-0.2, -0.15) is 12.6 Å². The Morgan fingerprint density at radius 3 is 2.42 bits per heavy atom. The van der Waals surface area contributed by atoms with Crippen LogP contribution >= 0.6 is 12.6 Å². The van der Waals surface area contributed by atoms with Gasteiger partial charge in [-0.1, -0.05) is 20.3 Å². The molecule has 0 aromatic carbocycles. The molecule has 2 unspecified atom stereocenters. The molecular formula is C8H17NO2S. The second-order valence-corrected chi connectivity index (χ2v) is 3.91. The van der Waals surface area contributed by atoms with Crippen molar-refractivity contribution in [1.29, 1.82) is 0 Å². The Hall–Kier alpha value is -0.220. The fourth-order valence-electron chi connectivity index (χ4n) is 1.21. The molecular weight excluding hydrogens is 174 g/mol. The van der Waals surface area contributed by atoms with Gasteiger partial charge in [0.1, 0.15) is 6.04 Å². The Labute approximate surface area is 78.7 Å². The standard InChI is InChI=1S/C8H17NO2S/c1-3-5-8(12,4-2)6(9)7(10)11/h6,12H,3-5,9H2,1-2H3,(H,10,11). The monoisotopic (exact) mass is 191 g/mol. The maximum absolute atomic E-state index is 10.6. The van der Waals surface area contributed by atoms with Gasteiger partial charge in [-0.25, -0.2) is 0 Å². The largest absolute Gasteiger partial charge is 0.480 e. The van der Waals surface area contributed by atoms with E-state index in [0.717, 1.165) is 12.8 Å². The first-order chi connectivity index (χ1) is 5.48. The van der Waals surface area contributed by atoms with Crippen LogP contribution in [0.1, 0.15) is 33.1 Å². The molecule has 2 atom stereocenters. The Morgan fingerprint density at radius 1 is 1.67 bits per heavy atom. The van der Waals surface area contributed by atoms with Gasteiger partial charge >= 0.3 is 5.97 Å². The summed E-state index contributed by atoms with van der Waals surface area (Å²) in [6.07, 6.45) is 2.32. The zero-order valence-corrected chi connectivity index (χ0v) is 8.47. The summed E-state index contributed by atoms with van der Waals surface area (Å²) in [4.78, 5) is 10.6. The highest BCUT2D eigenvalue weighted by Crippen LogP contribution is 2.28. The van der Waals surface area contributed by atoms with Gasteiger partial charge in [0.15, 0.2) is 0 Å². The first-order valence-corrected chi connectivity index (χ1v) is 4.63. The SMILES string of the molecule is CCCC(S)(CC)C(N)C(=O)O. The molecule has 0 aliphatic heterocycles. The fraction of sp³-hybridized carbons (Fsp3) is 0.875. The number of carboxylic acids is 1. The van der Waals surface area contributed by atoms with E-state index in [4.69, 9.17) is 10.8 Å². The average molecular weight is 191 g/mol. The van der Waals surface area contributed by atoms with Gasteiger partial charge in [-0.15, -0.1) is 0 Å². The van der Waals surface area contributed by atoms with Crippen LogP contribution in [0.5, 0.6) is 0 Å². The van der Waals surface area contributed by atoms with Crippen LogP contribution in [0, 0.1) is 0 Å². The minimum Gasteiger partial charge on any atom is -0.480 e. The van der Waals surface area contributed by atoms with Gasteiger partial charge in [0, 0.05) is 4.75 Å². The first-order valence-electron chi connectivity index (χ1n) is 4.18. The van der Waals surface area contributed by atoms with Crippen molar-refractivity contribution in [3.8, 4) is 0 Å². The quantitative estimate of drug-likeness (QED) is 0.574.